The van der Waals surface area contributed by atoms with Crippen LogP contribution < -0.4 is 15.8 Å². The number of carbonyl (C=O) groups is 1. The number of hydrogen-bond acceptors (Lipinski definition) is 6. The van der Waals surface area contributed by atoms with Gasteiger partial charge in [0, 0.05) is 0 Å². The Balaban J connectivity index is 2.25. The highest BCUT2D eigenvalue weighted by atomic mass is 19.3. The van der Waals surface area contributed by atoms with Crippen LogP contribution in [-0.2, 0) is 0 Å². The van der Waals surface area contributed by atoms with Crippen molar-refractivity contribution in [3.63, 3.8) is 0 Å². The summed E-state index contributed by atoms with van der Waals surface area (Å²) in [6, 6.07) is 3.79. The summed E-state index contributed by atoms with van der Waals surface area (Å²) < 4.78 is 30.7. The molecule has 2 aromatic rings. The molecule has 0 aliphatic heterocycles. The highest BCUT2D eigenvalue weighted by Crippen LogP contribution is 2.23. The third kappa shape index (κ3) is 4.31. The van der Waals surface area contributed by atoms with Crippen LogP contribution in [-0.4, -0.2) is 27.0 Å². The average molecular weight is 323 g/mol. The van der Waals surface area contributed by atoms with Crippen molar-refractivity contribution in [1.82, 2.24) is 15.0 Å². The molecule has 2 aromatic heterocycles. The predicted octanol–water partition coefficient (Wildman–Crippen LogP) is 2.43. The number of nitrogens with two attached hydrogens (primary N) is 1. The number of halogens is 2. The Morgan fingerprint density at radius 3 is 2.70 bits per heavy atom. The molecular formula is C14H15F2N5O2. The first-order valence-corrected chi connectivity index (χ1v) is 6.72. The van der Waals surface area contributed by atoms with Crippen LogP contribution in [0.1, 0.15) is 36.5 Å². The maximum absolute atomic E-state index is 12.6. The fourth-order valence-corrected chi connectivity index (χ4v) is 1.66. The summed E-state index contributed by atoms with van der Waals surface area (Å²) in [5.74, 6) is -0.614. The van der Waals surface area contributed by atoms with E-state index >= 15 is 0 Å². The monoisotopic (exact) mass is 323 g/mol. The van der Waals surface area contributed by atoms with Gasteiger partial charge in [-0.15, -0.1) is 0 Å². The van der Waals surface area contributed by atoms with Gasteiger partial charge in [0.2, 0.25) is 11.8 Å². The summed E-state index contributed by atoms with van der Waals surface area (Å²) in [5.41, 5.74) is 5.02. The summed E-state index contributed by atoms with van der Waals surface area (Å²) in [7, 11) is 0. The normalized spacial score (nSPS) is 10.9. The smallest absolute Gasteiger partial charge is 0.280 e. The second kappa shape index (κ2) is 6.95. The number of nitrogen functional groups attached to an aromatic ring is 1. The molecule has 1 amide bonds. The van der Waals surface area contributed by atoms with Gasteiger partial charge in [-0.1, -0.05) is 6.07 Å². The fraction of sp³-hybridized carbons (Fsp3) is 0.286. The zero-order chi connectivity index (χ0) is 17.0. The van der Waals surface area contributed by atoms with Crippen LogP contribution in [0.5, 0.6) is 5.88 Å². The molecule has 0 radical (unpaired) electrons. The third-order valence-corrected chi connectivity index (χ3v) is 2.59. The molecule has 0 spiro atoms. The van der Waals surface area contributed by atoms with Gasteiger partial charge in [0.05, 0.1) is 12.3 Å². The van der Waals surface area contributed by atoms with E-state index in [1.807, 2.05) is 0 Å². The second-order valence-corrected chi connectivity index (χ2v) is 4.82. The summed E-state index contributed by atoms with van der Waals surface area (Å²) in [5, 5.41) is 2.47. The van der Waals surface area contributed by atoms with Crippen molar-refractivity contribution in [3.8, 4) is 5.88 Å². The average Bonchev–Trinajstić information content (AvgIpc) is 2.49. The van der Waals surface area contributed by atoms with Crippen molar-refractivity contribution < 1.29 is 18.3 Å². The van der Waals surface area contributed by atoms with Crippen molar-refractivity contribution in [2.45, 2.75) is 26.4 Å². The molecule has 0 saturated heterocycles. The molecule has 3 N–H and O–H groups in total. The molecule has 122 valence electrons. The Hall–Kier alpha value is -2.84. The van der Waals surface area contributed by atoms with Crippen LogP contribution in [0.25, 0.3) is 0 Å². The molecule has 0 aliphatic rings. The van der Waals surface area contributed by atoms with Crippen molar-refractivity contribution in [2.75, 3.05) is 11.1 Å². The number of nitrogens with one attached hydrogen (secondary N) is 1. The molecule has 0 fully saturated rings. The molecule has 0 saturated carbocycles. The maximum Gasteiger partial charge on any atom is 0.280 e. The van der Waals surface area contributed by atoms with Gasteiger partial charge in [-0.05, 0) is 26.0 Å². The fourth-order valence-electron chi connectivity index (χ4n) is 1.66. The van der Waals surface area contributed by atoms with Gasteiger partial charge in [0.1, 0.15) is 17.1 Å². The van der Waals surface area contributed by atoms with Crippen LogP contribution in [0, 0.1) is 0 Å². The molecule has 9 heteroatoms. The lowest BCUT2D eigenvalue weighted by atomic mass is 10.3. The van der Waals surface area contributed by atoms with Crippen LogP contribution in [0.4, 0.5) is 20.4 Å². The lowest BCUT2D eigenvalue weighted by Gasteiger charge is -2.13. The minimum Gasteiger partial charge on any atom is -0.473 e. The molecule has 23 heavy (non-hydrogen) atoms. The molecule has 0 aliphatic carbocycles. The highest BCUT2D eigenvalue weighted by molar-refractivity contribution is 6.03. The summed E-state index contributed by atoms with van der Waals surface area (Å²) >= 11 is 0. The number of carbonyl (C=O) groups excluding carboxylic acids is 1. The molecule has 0 atom stereocenters. The topological polar surface area (TPSA) is 103 Å². The summed E-state index contributed by atoms with van der Waals surface area (Å²) in [4.78, 5) is 23.4. The molecule has 0 aromatic carbocycles. The molecule has 0 unspecified atom stereocenters. The minimum atomic E-state index is -2.76. The zero-order valence-corrected chi connectivity index (χ0v) is 12.5. The zero-order valence-electron chi connectivity index (χ0n) is 12.5. The van der Waals surface area contributed by atoms with Gasteiger partial charge in [0.15, 0.2) is 0 Å². The highest BCUT2D eigenvalue weighted by Gasteiger charge is 2.16. The predicted molar refractivity (Wildman–Crippen MR) is 79.4 cm³/mol. The minimum absolute atomic E-state index is 0.0172. The molecule has 2 rings (SSSR count). The van der Waals surface area contributed by atoms with Gasteiger partial charge in [-0.2, -0.15) is 4.98 Å². The van der Waals surface area contributed by atoms with Crippen molar-refractivity contribution in [3.05, 3.63) is 35.8 Å². The number of amides is 1. The standard InChI is InChI=1S/C14H15F2N5O2/c1-7(2)23-13-10(6-18-14(17)21-13)20-12(22)9-5-3-4-8(19-9)11(15)16/h3-7,11H,1-2H3,(H,20,22)(H2,17,18,21). The Morgan fingerprint density at radius 1 is 1.30 bits per heavy atom. The number of nitrogens with zero attached hydrogens (tertiary/aromatic N) is 3. The van der Waals surface area contributed by atoms with Gasteiger partial charge in [-0.25, -0.2) is 18.7 Å². The van der Waals surface area contributed by atoms with E-state index in [4.69, 9.17) is 10.5 Å². The first-order valence-electron chi connectivity index (χ1n) is 6.72. The van der Waals surface area contributed by atoms with Crippen molar-refractivity contribution >= 4 is 17.5 Å². The first kappa shape index (κ1) is 16.5. The largest absolute Gasteiger partial charge is 0.473 e. The lowest BCUT2D eigenvalue weighted by molar-refractivity contribution is 0.101. The lowest BCUT2D eigenvalue weighted by Crippen LogP contribution is -2.17. The summed E-state index contributed by atoms with van der Waals surface area (Å²) in [6.45, 7) is 3.55. The number of ether oxygens (including phenoxy) is 1. The van der Waals surface area contributed by atoms with Crippen LogP contribution in [0.2, 0.25) is 0 Å². The van der Waals surface area contributed by atoms with Gasteiger partial charge < -0.3 is 15.8 Å². The van der Waals surface area contributed by atoms with E-state index in [1.54, 1.807) is 13.8 Å². The molecule has 0 bridgehead atoms. The number of aromatic nitrogens is 3. The number of anilines is 2. The van der Waals surface area contributed by atoms with E-state index in [0.717, 1.165) is 6.07 Å². The van der Waals surface area contributed by atoms with Crippen molar-refractivity contribution in [1.29, 1.82) is 0 Å². The van der Waals surface area contributed by atoms with E-state index in [-0.39, 0.29) is 29.3 Å². The van der Waals surface area contributed by atoms with Gasteiger partial charge in [-0.3, -0.25) is 4.79 Å². The third-order valence-electron chi connectivity index (χ3n) is 2.59. The Labute approximate surface area is 130 Å². The number of hydrogen-bond donors (Lipinski definition) is 2. The Bertz CT molecular complexity index is 709. The number of rotatable bonds is 5. The van der Waals surface area contributed by atoms with Crippen molar-refractivity contribution in [2.24, 2.45) is 0 Å². The van der Waals surface area contributed by atoms with E-state index < -0.39 is 18.0 Å². The Morgan fingerprint density at radius 2 is 2.04 bits per heavy atom. The van der Waals surface area contributed by atoms with Crippen LogP contribution >= 0.6 is 0 Å². The van der Waals surface area contributed by atoms with E-state index in [1.165, 1.54) is 18.3 Å². The second-order valence-electron chi connectivity index (χ2n) is 4.82. The number of pyridine rings is 1. The SMILES string of the molecule is CC(C)Oc1nc(N)ncc1NC(=O)c1cccc(C(F)F)n1. The van der Waals surface area contributed by atoms with E-state index in [9.17, 15) is 13.6 Å². The number of alkyl halides is 2. The molecule has 2 heterocycles. The van der Waals surface area contributed by atoms with Gasteiger partial charge >= 0.3 is 0 Å². The van der Waals surface area contributed by atoms with E-state index in [2.05, 4.69) is 20.3 Å². The maximum atomic E-state index is 12.6. The Kier molecular flexibility index (Phi) is 4.99. The van der Waals surface area contributed by atoms with Gasteiger partial charge in [0.25, 0.3) is 12.3 Å². The first-order chi connectivity index (χ1) is 10.9. The van der Waals surface area contributed by atoms with Crippen LogP contribution in [0.15, 0.2) is 24.4 Å². The summed E-state index contributed by atoms with van der Waals surface area (Å²) in [6.07, 6.45) is -1.70. The molecular weight excluding hydrogens is 308 g/mol. The molecule has 7 nitrogen and oxygen atoms in total. The quantitative estimate of drug-likeness (QED) is 0.876. The van der Waals surface area contributed by atoms with E-state index in [0.29, 0.717) is 0 Å². The van der Waals surface area contributed by atoms with Crippen LogP contribution in [0.3, 0.4) is 0 Å².